The van der Waals surface area contributed by atoms with Crippen LogP contribution in [-0.2, 0) is 6.42 Å². The predicted octanol–water partition coefficient (Wildman–Crippen LogP) is 2.61. The van der Waals surface area contributed by atoms with Crippen LogP contribution >= 0.6 is 0 Å². The van der Waals surface area contributed by atoms with Crippen molar-refractivity contribution in [2.75, 3.05) is 13.1 Å². The van der Waals surface area contributed by atoms with E-state index in [4.69, 9.17) is 0 Å². The fourth-order valence-corrected chi connectivity index (χ4v) is 2.29. The van der Waals surface area contributed by atoms with Crippen molar-refractivity contribution in [2.45, 2.75) is 19.8 Å². The number of hydrogen-bond acceptors (Lipinski definition) is 1. The fourth-order valence-electron chi connectivity index (χ4n) is 2.29. The first-order chi connectivity index (χ1) is 7.25. The second kappa shape index (κ2) is 4.75. The molecule has 15 heavy (non-hydrogen) atoms. The van der Waals surface area contributed by atoms with Gasteiger partial charge in [0.2, 0.25) is 0 Å². The second-order valence-corrected chi connectivity index (χ2v) is 4.56. The minimum absolute atomic E-state index is 0.121. The van der Waals surface area contributed by atoms with Crippen molar-refractivity contribution in [3.05, 3.63) is 35.6 Å². The first kappa shape index (κ1) is 10.6. The number of rotatable bonds is 2. The SMILES string of the molecule is CC1CCNCC1Cc1cccc(F)c1. The molecule has 1 fully saturated rings. The highest BCUT2D eigenvalue weighted by molar-refractivity contribution is 5.17. The lowest BCUT2D eigenvalue weighted by Gasteiger charge is -2.29. The van der Waals surface area contributed by atoms with Crippen molar-refractivity contribution in [3.8, 4) is 0 Å². The van der Waals surface area contributed by atoms with Gasteiger partial charge >= 0.3 is 0 Å². The Bertz CT molecular complexity index is 324. The van der Waals surface area contributed by atoms with Crippen LogP contribution in [-0.4, -0.2) is 13.1 Å². The average molecular weight is 207 g/mol. The van der Waals surface area contributed by atoms with Gasteiger partial charge in [-0.15, -0.1) is 0 Å². The van der Waals surface area contributed by atoms with Crippen LogP contribution in [0.1, 0.15) is 18.9 Å². The van der Waals surface area contributed by atoms with Gasteiger partial charge in [0.1, 0.15) is 5.82 Å². The van der Waals surface area contributed by atoms with Crippen LogP contribution in [0.3, 0.4) is 0 Å². The fraction of sp³-hybridized carbons (Fsp3) is 0.538. The minimum Gasteiger partial charge on any atom is -0.316 e. The monoisotopic (exact) mass is 207 g/mol. The molecule has 0 aliphatic carbocycles. The molecule has 0 spiro atoms. The summed E-state index contributed by atoms with van der Waals surface area (Å²) in [5.41, 5.74) is 1.12. The number of piperidine rings is 1. The summed E-state index contributed by atoms with van der Waals surface area (Å²) in [6.45, 7) is 4.49. The maximum Gasteiger partial charge on any atom is 0.123 e. The first-order valence-electron chi connectivity index (χ1n) is 5.71. The van der Waals surface area contributed by atoms with Crippen molar-refractivity contribution in [1.29, 1.82) is 0 Å². The van der Waals surface area contributed by atoms with Crippen LogP contribution < -0.4 is 5.32 Å². The zero-order chi connectivity index (χ0) is 10.7. The molecule has 0 saturated carbocycles. The molecule has 0 aromatic heterocycles. The van der Waals surface area contributed by atoms with E-state index in [1.54, 1.807) is 12.1 Å². The quantitative estimate of drug-likeness (QED) is 0.786. The van der Waals surface area contributed by atoms with Crippen molar-refractivity contribution in [3.63, 3.8) is 0 Å². The number of nitrogens with one attached hydrogen (secondary N) is 1. The molecular formula is C13H18FN. The molecule has 2 unspecified atom stereocenters. The molecule has 2 heteroatoms. The Morgan fingerprint density at radius 1 is 1.47 bits per heavy atom. The Kier molecular flexibility index (Phi) is 3.37. The lowest BCUT2D eigenvalue weighted by atomic mass is 9.83. The zero-order valence-corrected chi connectivity index (χ0v) is 9.17. The summed E-state index contributed by atoms with van der Waals surface area (Å²) >= 11 is 0. The predicted molar refractivity (Wildman–Crippen MR) is 60.2 cm³/mol. The highest BCUT2D eigenvalue weighted by Gasteiger charge is 2.20. The molecular weight excluding hydrogens is 189 g/mol. The van der Waals surface area contributed by atoms with E-state index in [0.717, 1.165) is 31.0 Å². The van der Waals surface area contributed by atoms with Crippen molar-refractivity contribution >= 4 is 0 Å². The highest BCUT2D eigenvalue weighted by atomic mass is 19.1. The van der Waals surface area contributed by atoms with Crippen LogP contribution in [0.5, 0.6) is 0 Å². The van der Waals surface area contributed by atoms with Crippen LogP contribution in [0.2, 0.25) is 0 Å². The molecule has 1 nitrogen and oxygen atoms in total. The van der Waals surface area contributed by atoms with Crippen LogP contribution in [0.4, 0.5) is 4.39 Å². The molecule has 2 rings (SSSR count). The van der Waals surface area contributed by atoms with E-state index in [0.29, 0.717) is 5.92 Å². The van der Waals surface area contributed by atoms with Gasteiger partial charge in [0.05, 0.1) is 0 Å². The molecule has 1 aliphatic heterocycles. The highest BCUT2D eigenvalue weighted by Crippen LogP contribution is 2.22. The van der Waals surface area contributed by atoms with E-state index in [1.165, 1.54) is 12.5 Å². The third-order valence-electron chi connectivity index (χ3n) is 3.37. The maximum absolute atomic E-state index is 13.0. The molecule has 1 heterocycles. The molecule has 1 saturated heterocycles. The van der Waals surface area contributed by atoms with E-state index < -0.39 is 0 Å². The lowest BCUT2D eigenvalue weighted by molar-refractivity contribution is 0.272. The van der Waals surface area contributed by atoms with E-state index in [2.05, 4.69) is 12.2 Å². The molecule has 1 aromatic carbocycles. The van der Waals surface area contributed by atoms with Gasteiger partial charge in [-0.05, 0) is 55.5 Å². The van der Waals surface area contributed by atoms with Crippen LogP contribution in [0.15, 0.2) is 24.3 Å². The topological polar surface area (TPSA) is 12.0 Å². The summed E-state index contributed by atoms with van der Waals surface area (Å²) < 4.78 is 13.0. The Balaban J connectivity index is 2.01. The summed E-state index contributed by atoms with van der Waals surface area (Å²) in [5, 5.41) is 3.41. The van der Waals surface area contributed by atoms with Crippen molar-refractivity contribution in [2.24, 2.45) is 11.8 Å². The summed E-state index contributed by atoms with van der Waals surface area (Å²) in [4.78, 5) is 0. The number of hydrogen-bond donors (Lipinski definition) is 1. The van der Waals surface area contributed by atoms with Gasteiger partial charge in [0, 0.05) is 0 Å². The average Bonchev–Trinajstić information content (AvgIpc) is 2.22. The third kappa shape index (κ3) is 2.78. The Morgan fingerprint density at radius 2 is 2.33 bits per heavy atom. The summed E-state index contributed by atoms with van der Waals surface area (Å²) in [6.07, 6.45) is 2.23. The lowest BCUT2D eigenvalue weighted by Crippen LogP contribution is -2.36. The normalized spacial score (nSPS) is 26.5. The number of benzene rings is 1. The Morgan fingerprint density at radius 3 is 3.07 bits per heavy atom. The standard InChI is InChI=1S/C13H18FN/c1-10-5-6-15-9-12(10)7-11-3-2-4-13(14)8-11/h2-4,8,10,12,15H,5-7,9H2,1H3. The smallest absolute Gasteiger partial charge is 0.123 e. The summed E-state index contributed by atoms with van der Waals surface area (Å²) in [7, 11) is 0. The largest absolute Gasteiger partial charge is 0.316 e. The van der Waals surface area contributed by atoms with Gasteiger partial charge in [-0.1, -0.05) is 19.1 Å². The molecule has 1 aliphatic rings. The Hall–Kier alpha value is -0.890. The number of halogens is 1. The van der Waals surface area contributed by atoms with E-state index in [9.17, 15) is 4.39 Å². The van der Waals surface area contributed by atoms with Gasteiger partial charge in [-0.3, -0.25) is 0 Å². The summed E-state index contributed by atoms with van der Waals surface area (Å²) in [5.74, 6) is 1.28. The van der Waals surface area contributed by atoms with E-state index in [1.807, 2.05) is 6.07 Å². The van der Waals surface area contributed by atoms with Gasteiger partial charge in [0.25, 0.3) is 0 Å². The third-order valence-corrected chi connectivity index (χ3v) is 3.37. The molecule has 0 bridgehead atoms. The zero-order valence-electron chi connectivity index (χ0n) is 9.17. The molecule has 2 atom stereocenters. The van der Waals surface area contributed by atoms with Gasteiger partial charge in [0.15, 0.2) is 0 Å². The molecule has 1 N–H and O–H groups in total. The van der Waals surface area contributed by atoms with Crippen molar-refractivity contribution < 1.29 is 4.39 Å². The molecule has 1 aromatic rings. The second-order valence-electron chi connectivity index (χ2n) is 4.56. The van der Waals surface area contributed by atoms with Gasteiger partial charge < -0.3 is 5.32 Å². The van der Waals surface area contributed by atoms with E-state index in [-0.39, 0.29) is 5.82 Å². The first-order valence-corrected chi connectivity index (χ1v) is 5.71. The van der Waals surface area contributed by atoms with Crippen molar-refractivity contribution in [1.82, 2.24) is 5.32 Å². The molecule has 82 valence electrons. The van der Waals surface area contributed by atoms with E-state index >= 15 is 0 Å². The maximum atomic E-state index is 13.0. The molecule has 0 amide bonds. The van der Waals surface area contributed by atoms with Crippen LogP contribution in [0, 0.1) is 17.7 Å². The Labute approximate surface area is 90.7 Å². The summed E-state index contributed by atoms with van der Waals surface area (Å²) in [6, 6.07) is 6.98. The van der Waals surface area contributed by atoms with Crippen LogP contribution in [0.25, 0.3) is 0 Å². The minimum atomic E-state index is -0.121. The van der Waals surface area contributed by atoms with Gasteiger partial charge in [-0.25, -0.2) is 4.39 Å². The molecule has 0 radical (unpaired) electrons. The van der Waals surface area contributed by atoms with Gasteiger partial charge in [-0.2, -0.15) is 0 Å².